The smallest absolute Gasteiger partial charge is 0.130 e. The number of aliphatic hydroxyl groups is 2. The van der Waals surface area contributed by atoms with Gasteiger partial charge in [-0.25, -0.2) is 0 Å². The third-order valence-electron chi connectivity index (χ3n) is 9.53. The van der Waals surface area contributed by atoms with Crippen LogP contribution in [0, 0.1) is 40.6 Å². The normalized spacial score (nSPS) is 41.0. The van der Waals surface area contributed by atoms with E-state index in [0.717, 1.165) is 50.3 Å². The van der Waals surface area contributed by atoms with Crippen LogP contribution in [0.1, 0.15) is 58.8 Å². The van der Waals surface area contributed by atoms with Crippen molar-refractivity contribution < 1.29 is 14.9 Å². The van der Waals surface area contributed by atoms with Crippen LogP contribution in [0.2, 0.25) is 45.3 Å². The number of allylic oxidation sites excluding steroid dienone is 4. The summed E-state index contributed by atoms with van der Waals surface area (Å²) in [5.41, 5.74) is 2.88. The molecule has 0 aromatic rings. The van der Waals surface area contributed by atoms with Gasteiger partial charge in [-0.05, 0) is 86.8 Å². The molecular weight excluding hydrogens is 464 g/mol. The Balaban J connectivity index is 1.82. The molecule has 0 spiro atoms. The largest absolute Gasteiger partial charge is 0.498 e. The Bertz CT molecular complexity index is 945. The van der Waals surface area contributed by atoms with Gasteiger partial charge in [-0.2, -0.15) is 0 Å². The molecule has 4 aliphatic carbocycles. The van der Waals surface area contributed by atoms with Crippen LogP contribution in [0.15, 0.2) is 23.5 Å². The van der Waals surface area contributed by atoms with Crippen LogP contribution in [0.5, 0.6) is 0 Å². The molecule has 196 valence electrons. The second-order valence-electron chi connectivity index (χ2n) is 14.4. The topological polar surface area (TPSA) is 49.7 Å². The summed E-state index contributed by atoms with van der Waals surface area (Å²) in [7, 11) is -3.20. The number of fused-ring (bicyclic) bond motifs is 5. The van der Waals surface area contributed by atoms with Crippen LogP contribution in [-0.4, -0.2) is 44.2 Å². The van der Waals surface area contributed by atoms with Crippen molar-refractivity contribution in [2.45, 2.75) is 115 Å². The first-order valence-electron chi connectivity index (χ1n) is 14.2. The van der Waals surface area contributed by atoms with Crippen LogP contribution in [0.4, 0.5) is 0 Å². The zero-order chi connectivity index (χ0) is 25.9. The fourth-order valence-electron chi connectivity index (χ4n) is 8.65. The Labute approximate surface area is 216 Å². The van der Waals surface area contributed by atoms with E-state index in [1.807, 2.05) is 0 Å². The molecule has 0 heterocycles. The standard InChI is InChI=1S/C30H50O3Si2/c1-9-28-20-29(31,21-35(6,7)8)27-24-14-12-23(33-10-2)19-22(24)11-13-25(27)26(28)15-16-30(28,32)17-18-34(3,4)5/h11,19,24-27,31-32H,9-10,12-16,20-21H2,1-8H3/t24?,25?,26?,27?,28-,29?,30+/m0/s1. The van der Waals surface area contributed by atoms with Gasteiger partial charge >= 0.3 is 0 Å². The minimum Gasteiger partial charge on any atom is -0.498 e. The molecule has 5 heteroatoms. The molecule has 2 fully saturated rings. The maximum atomic E-state index is 12.8. The zero-order valence-corrected chi connectivity index (χ0v) is 25.6. The van der Waals surface area contributed by atoms with E-state index in [2.05, 4.69) is 76.7 Å². The number of hydrogen-bond acceptors (Lipinski definition) is 3. The molecule has 2 saturated carbocycles. The van der Waals surface area contributed by atoms with Crippen molar-refractivity contribution in [2.24, 2.45) is 29.1 Å². The lowest BCUT2D eigenvalue weighted by Crippen LogP contribution is -2.64. The molecule has 35 heavy (non-hydrogen) atoms. The maximum absolute atomic E-state index is 12.8. The fourth-order valence-corrected chi connectivity index (χ4v) is 11.4. The summed E-state index contributed by atoms with van der Waals surface area (Å²) in [6, 6.07) is 0.902. The number of hydrogen-bond donors (Lipinski definition) is 2. The molecule has 0 amide bonds. The highest BCUT2D eigenvalue weighted by atomic mass is 28.3. The summed E-state index contributed by atoms with van der Waals surface area (Å²) in [4.78, 5) is 0. The summed E-state index contributed by atoms with van der Waals surface area (Å²) in [6.07, 6.45) is 11.2. The van der Waals surface area contributed by atoms with E-state index in [1.54, 1.807) is 0 Å². The van der Waals surface area contributed by atoms with Crippen LogP contribution in [-0.2, 0) is 4.74 Å². The molecule has 0 aromatic heterocycles. The minimum absolute atomic E-state index is 0.269. The Morgan fingerprint density at radius 2 is 1.80 bits per heavy atom. The Morgan fingerprint density at radius 1 is 1.09 bits per heavy atom. The van der Waals surface area contributed by atoms with E-state index in [9.17, 15) is 10.2 Å². The summed E-state index contributed by atoms with van der Waals surface area (Å²) in [5, 5.41) is 25.1. The highest BCUT2D eigenvalue weighted by Gasteiger charge is 2.69. The molecule has 0 aliphatic heterocycles. The summed E-state index contributed by atoms with van der Waals surface area (Å²) in [5.74, 6) is 6.11. The van der Waals surface area contributed by atoms with E-state index in [0.29, 0.717) is 30.8 Å². The van der Waals surface area contributed by atoms with Crippen molar-refractivity contribution in [3.63, 3.8) is 0 Å². The lowest BCUT2D eigenvalue weighted by molar-refractivity contribution is -0.187. The monoisotopic (exact) mass is 514 g/mol. The lowest BCUT2D eigenvalue weighted by atomic mass is 9.46. The Morgan fingerprint density at radius 3 is 2.40 bits per heavy atom. The van der Waals surface area contributed by atoms with Gasteiger partial charge in [0.1, 0.15) is 13.7 Å². The van der Waals surface area contributed by atoms with Gasteiger partial charge in [-0.3, -0.25) is 0 Å². The van der Waals surface area contributed by atoms with E-state index >= 15 is 0 Å². The molecular formula is C30H50O3Si2. The summed E-state index contributed by atoms with van der Waals surface area (Å²) >= 11 is 0. The maximum Gasteiger partial charge on any atom is 0.130 e. The SMILES string of the molecule is CCOC1=CC2=CCC3C(C2CC1)C(O)(C[Si](C)(C)C)C[C@@]1(CC)C3CC[C@@]1(O)C#C[Si](C)(C)C. The Hall–Kier alpha value is -0.806. The molecule has 5 unspecified atom stereocenters. The molecule has 7 atom stereocenters. The fraction of sp³-hybridized carbons (Fsp3) is 0.800. The van der Waals surface area contributed by atoms with Gasteiger partial charge < -0.3 is 14.9 Å². The first-order valence-corrected chi connectivity index (χ1v) is 21.4. The first-order chi connectivity index (χ1) is 16.2. The third-order valence-corrected chi connectivity index (χ3v) is 12.1. The van der Waals surface area contributed by atoms with Gasteiger partial charge in [-0.1, -0.05) is 58.2 Å². The molecule has 4 aliphatic rings. The van der Waals surface area contributed by atoms with Crippen molar-refractivity contribution in [3.05, 3.63) is 23.5 Å². The zero-order valence-electron chi connectivity index (χ0n) is 23.6. The van der Waals surface area contributed by atoms with Gasteiger partial charge in [0.15, 0.2) is 0 Å². The summed E-state index contributed by atoms with van der Waals surface area (Å²) < 4.78 is 5.90. The lowest BCUT2D eigenvalue weighted by Gasteiger charge is -2.62. The average molecular weight is 515 g/mol. The molecule has 3 nitrogen and oxygen atoms in total. The van der Waals surface area contributed by atoms with E-state index in [1.165, 1.54) is 5.57 Å². The van der Waals surface area contributed by atoms with Crippen LogP contribution in [0.25, 0.3) is 0 Å². The Kier molecular flexibility index (Phi) is 7.15. The van der Waals surface area contributed by atoms with Gasteiger partial charge in [0, 0.05) is 19.9 Å². The summed E-state index contributed by atoms with van der Waals surface area (Å²) in [6.45, 7) is 19.0. The third kappa shape index (κ3) is 4.90. The number of rotatable bonds is 5. The highest BCUT2D eigenvalue weighted by Crippen LogP contribution is 2.69. The van der Waals surface area contributed by atoms with Crippen molar-refractivity contribution >= 4 is 16.1 Å². The molecule has 0 saturated heterocycles. The minimum atomic E-state index is -1.62. The molecule has 4 rings (SSSR count). The van der Waals surface area contributed by atoms with Crippen LogP contribution in [0.3, 0.4) is 0 Å². The first kappa shape index (κ1) is 27.2. The second-order valence-corrected chi connectivity index (χ2v) is 24.6. The van der Waals surface area contributed by atoms with Crippen molar-refractivity contribution in [1.29, 1.82) is 0 Å². The van der Waals surface area contributed by atoms with E-state index < -0.39 is 27.3 Å². The van der Waals surface area contributed by atoms with Gasteiger partial charge in [0.05, 0.1) is 18.0 Å². The van der Waals surface area contributed by atoms with Gasteiger partial charge in [0.25, 0.3) is 0 Å². The quantitative estimate of drug-likeness (QED) is 0.314. The highest BCUT2D eigenvalue weighted by molar-refractivity contribution is 6.83. The van der Waals surface area contributed by atoms with Gasteiger partial charge in [-0.15, -0.1) is 5.54 Å². The molecule has 0 aromatic carbocycles. The van der Waals surface area contributed by atoms with Crippen molar-refractivity contribution in [2.75, 3.05) is 6.61 Å². The molecule has 0 radical (unpaired) electrons. The predicted molar refractivity (Wildman–Crippen MR) is 151 cm³/mol. The molecule has 0 bridgehead atoms. The average Bonchev–Trinajstić information content (AvgIpc) is 3.03. The predicted octanol–water partition coefficient (Wildman–Crippen LogP) is 6.77. The number of ether oxygens (including phenoxy) is 1. The van der Waals surface area contributed by atoms with E-state index in [4.69, 9.17) is 4.74 Å². The van der Waals surface area contributed by atoms with Crippen molar-refractivity contribution in [3.8, 4) is 11.5 Å². The van der Waals surface area contributed by atoms with Gasteiger partial charge in [0.2, 0.25) is 0 Å². The van der Waals surface area contributed by atoms with Crippen LogP contribution < -0.4 is 0 Å². The van der Waals surface area contributed by atoms with E-state index in [-0.39, 0.29) is 11.3 Å². The van der Waals surface area contributed by atoms with Crippen LogP contribution >= 0.6 is 0 Å². The molecule has 2 N–H and O–H groups in total. The van der Waals surface area contributed by atoms with Crippen molar-refractivity contribution in [1.82, 2.24) is 0 Å². The second kappa shape index (κ2) is 9.19.